The van der Waals surface area contributed by atoms with Crippen LogP contribution in [0.3, 0.4) is 0 Å². The third-order valence-electron chi connectivity index (χ3n) is 17.1. The average molecular weight is 1150 g/mol. The smallest absolute Gasteiger partial charge is 0.0541 e. The fraction of sp³-hybridized carbons (Fsp3) is 0.0886. The molecule has 0 aliphatic heterocycles. The van der Waals surface area contributed by atoms with Crippen LogP contribution >= 0.6 is 15.9 Å². The summed E-state index contributed by atoms with van der Waals surface area (Å²) in [6.45, 7) is 9.40. The molecule has 0 unspecified atom stereocenters. The Morgan fingerprint density at radius 1 is 0.310 bits per heavy atom. The minimum atomic E-state index is -0.144. The Labute approximate surface area is 501 Å². The van der Waals surface area contributed by atoms with Crippen LogP contribution in [0.5, 0.6) is 0 Å². The first-order chi connectivity index (χ1) is 40.6. The molecule has 0 fully saturated rings. The van der Waals surface area contributed by atoms with E-state index in [9.17, 15) is 0 Å². The predicted octanol–water partition coefficient (Wildman–Crippen LogP) is 22.5. The van der Waals surface area contributed by atoms with E-state index in [0.29, 0.717) is 0 Å². The zero-order valence-electron chi connectivity index (χ0n) is 46.9. The summed E-state index contributed by atoms with van der Waals surface area (Å²) < 4.78 is 5.96. The van der Waals surface area contributed by atoms with Crippen molar-refractivity contribution in [3.8, 4) is 33.6 Å². The van der Waals surface area contributed by atoms with Crippen molar-refractivity contribution in [2.75, 3.05) is 10.2 Å². The van der Waals surface area contributed by atoms with Gasteiger partial charge in [-0.05, 0) is 166 Å². The molecule has 5 heteroatoms. The van der Waals surface area contributed by atoms with E-state index >= 15 is 0 Å². The largest absolute Gasteiger partial charge is 0.356 e. The lowest BCUT2D eigenvalue weighted by Crippen LogP contribution is -2.17. The van der Waals surface area contributed by atoms with Gasteiger partial charge in [-0.1, -0.05) is 221 Å². The highest BCUT2D eigenvalue weighted by Gasteiger charge is 2.38. The number of fused-ring (bicyclic) bond motifs is 12. The van der Waals surface area contributed by atoms with Crippen molar-refractivity contribution in [2.24, 2.45) is 0 Å². The number of para-hydroxylation sites is 8. The van der Waals surface area contributed by atoms with Gasteiger partial charge in [0.2, 0.25) is 0 Å². The maximum atomic E-state index is 3.66. The number of nitrogens with one attached hydrogen (secondary N) is 1. The fourth-order valence-electron chi connectivity index (χ4n) is 13.0. The van der Waals surface area contributed by atoms with Crippen LogP contribution in [0, 0.1) is 0 Å². The highest BCUT2D eigenvalue weighted by Crippen LogP contribution is 2.53. The van der Waals surface area contributed by atoms with Gasteiger partial charge in [-0.3, -0.25) is 0 Å². The summed E-state index contributed by atoms with van der Waals surface area (Å²) in [5.41, 5.74) is 23.8. The first-order valence-corrected chi connectivity index (χ1v) is 29.4. The summed E-state index contributed by atoms with van der Waals surface area (Å²) in [5.74, 6) is 0. The summed E-state index contributed by atoms with van der Waals surface area (Å²) in [6.07, 6.45) is 0. The number of rotatable bonds is 7. The molecule has 2 aliphatic carbocycles. The van der Waals surface area contributed by atoms with Gasteiger partial charge in [-0.15, -0.1) is 0 Å². The molecule has 0 radical (unpaired) electrons. The van der Waals surface area contributed by atoms with E-state index in [1.165, 1.54) is 105 Å². The molecular formula is C79H65BrN4. The van der Waals surface area contributed by atoms with Crippen LogP contribution in [0.25, 0.3) is 77.2 Å². The van der Waals surface area contributed by atoms with E-state index in [-0.39, 0.29) is 18.3 Å². The molecule has 408 valence electrons. The molecule has 12 aromatic carbocycles. The second-order valence-electron chi connectivity index (χ2n) is 22.7. The van der Waals surface area contributed by atoms with E-state index in [4.69, 9.17) is 0 Å². The van der Waals surface area contributed by atoms with Gasteiger partial charge >= 0.3 is 0 Å². The third-order valence-corrected chi connectivity index (χ3v) is 17.6. The maximum Gasteiger partial charge on any atom is 0.0541 e. The van der Waals surface area contributed by atoms with Crippen molar-refractivity contribution >= 4 is 88.0 Å². The number of hydrogen-bond acceptors (Lipinski definition) is 2. The number of halogens is 1. The van der Waals surface area contributed by atoms with Gasteiger partial charge in [0.15, 0.2) is 0 Å². The zero-order chi connectivity index (χ0) is 56.2. The quantitative estimate of drug-likeness (QED) is 0.172. The van der Waals surface area contributed by atoms with E-state index in [1.807, 2.05) is 60.7 Å². The highest BCUT2D eigenvalue weighted by atomic mass is 79.9. The lowest BCUT2D eigenvalue weighted by Gasteiger charge is -2.28. The van der Waals surface area contributed by atoms with Crippen LogP contribution in [0.1, 0.15) is 57.4 Å². The minimum absolute atomic E-state index is 0. The Balaban J connectivity index is 0.000000132. The van der Waals surface area contributed by atoms with Crippen molar-refractivity contribution in [3.63, 3.8) is 0 Å². The second-order valence-corrected chi connectivity index (χ2v) is 23.6. The molecule has 4 nitrogen and oxygen atoms in total. The number of aromatic nitrogens is 2. The summed E-state index contributed by atoms with van der Waals surface area (Å²) in [7, 11) is 0. The lowest BCUT2D eigenvalue weighted by molar-refractivity contribution is 0.659. The number of nitrogens with zero attached hydrogens (tertiary/aromatic N) is 3. The van der Waals surface area contributed by atoms with E-state index < -0.39 is 0 Å². The molecule has 14 aromatic rings. The standard InChI is InChI=1S/C39H30N2.C27H20BrN.C12H11N.CH4/c1-39(2)35-25-29(40(27-13-5-3-6-14-27)28-15-7-4-8-16-28)21-23-31(35)32-24-22-30(26-36(32)39)41-37-19-11-9-17-33(37)34-18-10-12-20-38(34)41;1-27(2)23-15-17(28)11-13-19(23)20-14-12-18(16-24(20)27)29-25-9-5-3-7-21(25)22-8-4-6-10-26(22)29;1-3-7-11(8-4-1)13-12-9-5-2-6-10-12;/h3-26H,1-2H3;3-16H,1-2H3;1-10,13H;1H4. The van der Waals surface area contributed by atoms with Gasteiger partial charge in [-0.2, -0.15) is 0 Å². The zero-order valence-corrected chi connectivity index (χ0v) is 48.5. The molecule has 0 saturated carbocycles. The van der Waals surface area contributed by atoms with Crippen molar-refractivity contribution in [2.45, 2.75) is 46.0 Å². The molecule has 16 rings (SSSR count). The molecule has 0 bridgehead atoms. The monoisotopic (exact) mass is 1150 g/mol. The van der Waals surface area contributed by atoms with Crippen LogP contribution in [0.2, 0.25) is 0 Å². The molecule has 2 heterocycles. The fourth-order valence-corrected chi connectivity index (χ4v) is 13.4. The van der Waals surface area contributed by atoms with Crippen molar-refractivity contribution in [1.82, 2.24) is 9.13 Å². The van der Waals surface area contributed by atoms with Gasteiger partial charge < -0.3 is 19.4 Å². The molecule has 1 N–H and O–H groups in total. The predicted molar refractivity (Wildman–Crippen MR) is 362 cm³/mol. The van der Waals surface area contributed by atoms with Crippen LogP contribution in [-0.4, -0.2) is 9.13 Å². The maximum absolute atomic E-state index is 3.66. The van der Waals surface area contributed by atoms with Gasteiger partial charge in [0.25, 0.3) is 0 Å². The normalized spacial score (nSPS) is 12.9. The Morgan fingerprint density at radius 2 is 0.619 bits per heavy atom. The SMILES string of the molecule is C.CC1(C)c2cc(Br)ccc2-c2ccc(-n3c4ccccc4c4ccccc43)cc21.CC1(C)c2cc(N(c3ccccc3)c3ccccc3)ccc2-c2ccc(-n3c4ccccc4c4ccccc43)cc21.c1ccc(Nc2ccccc2)cc1. The molecule has 84 heavy (non-hydrogen) atoms. The highest BCUT2D eigenvalue weighted by molar-refractivity contribution is 9.10. The summed E-state index contributed by atoms with van der Waals surface area (Å²) in [4.78, 5) is 2.35. The molecule has 0 spiro atoms. The minimum Gasteiger partial charge on any atom is -0.356 e. The molecular weight excluding hydrogens is 1080 g/mol. The Morgan fingerprint density at radius 3 is 1.01 bits per heavy atom. The van der Waals surface area contributed by atoms with Crippen LogP contribution < -0.4 is 10.2 Å². The number of hydrogen-bond donors (Lipinski definition) is 1. The van der Waals surface area contributed by atoms with E-state index in [2.05, 4.69) is 293 Å². The number of anilines is 5. The molecule has 0 saturated heterocycles. The van der Waals surface area contributed by atoms with Crippen molar-refractivity contribution in [3.05, 3.63) is 318 Å². The van der Waals surface area contributed by atoms with Crippen molar-refractivity contribution in [1.29, 1.82) is 0 Å². The van der Waals surface area contributed by atoms with Gasteiger partial charge in [0, 0.05) is 76.7 Å². The van der Waals surface area contributed by atoms with Crippen LogP contribution in [0.15, 0.2) is 296 Å². The van der Waals surface area contributed by atoms with Gasteiger partial charge in [0.1, 0.15) is 0 Å². The van der Waals surface area contributed by atoms with Crippen LogP contribution in [0.4, 0.5) is 28.4 Å². The van der Waals surface area contributed by atoms with E-state index in [0.717, 1.165) is 27.2 Å². The Hall–Kier alpha value is -9.68. The first-order valence-electron chi connectivity index (χ1n) is 28.6. The van der Waals surface area contributed by atoms with Crippen LogP contribution in [-0.2, 0) is 10.8 Å². The topological polar surface area (TPSA) is 25.1 Å². The third kappa shape index (κ3) is 9.35. The van der Waals surface area contributed by atoms with Crippen molar-refractivity contribution < 1.29 is 0 Å². The average Bonchev–Trinajstić information content (AvgIpc) is 2.88. The van der Waals surface area contributed by atoms with E-state index in [1.54, 1.807) is 0 Å². The lowest BCUT2D eigenvalue weighted by atomic mass is 9.82. The molecule has 0 amide bonds. The summed E-state index contributed by atoms with van der Waals surface area (Å²) in [5, 5.41) is 8.48. The number of benzene rings is 12. The first kappa shape index (κ1) is 53.6. The van der Waals surface area contributed by atoms with Gasteiger partial charge in [0.05, 0.1) is 22.1 Å². The molecule has 2 aliphatic rings. The Kier molecular flexibility index (Phi) is 14.0. The summed E-state index contributed by atoms with van der Waals surface area (Å²) >= 11 is 3.66. The summed E-state index contributed by atoms with van der Waals surface area (Å²) in [6, 6.07) is 104. The Bertz CT molecular complexity index is 4530. The molecule has 0 atom stereocenters. The second kappa shape index (κ2) is 21.9. The molecule has 2 aromatic heterocycles. The van der Waals surface area contributed by atoms with Gasteiger partial charge in [-0.25, -0.2) is 0 Å².